The molecule has 0 saturated carbocycles. The highest BCUT2D eigenvalue weighted by Crippen LogP contribution is 2.28. The molecule has 2 aromatic rings. The molecule has 0 spiro atoms. The van der Waals surface area contributed by atoms with Gasteiger partial charge in [0.2, 0.25) is 0 Å². The van der Waals surface area contributed by atoms with E-state index in [2.05, 4.69) is 14.9 Å². The Labute approximate surface area is 118 Å². The van der Waals surface area contributed by atoms with Crippen molar-refractivity contribution < 1.29 is 8.42 Å². The SMILES string of the molecule is CCN(c1ncnc2c1ccn2C)C1CCS(=O)(=O)C1. The van der Waals surface area contributed by atoms with Crippen molar-refractivity contribution in [2.24, 2.45) is 7.05 Å². The van der Waals surface area contributed by atoms with E-state index in [-0.39, 0.29) is 17.5 Å². The van der Waals surface area contributed by atoms with Gasteiger partial charge in [0.15, 0.2) is 9.84 Å². The molecule has 1 aliphatic heterocycles. The van der Waals surface area contributed by atoms with Gasteiger partial charge in [-0.2, -0.15) is 0 Å². The lowest BCUT2D eigenvalue weighted by Crippen LogP contribution is -2.36. The summed E-state index contributed by atoms with van der Waals surface area (Å²) < 4.78 is 25.3. The van der Waals surface area contributed by atoms with Crippen molar-refractivity contribution in [2.75, 3.05) is 23.0 Å². The monoisotopic (exact) mass is 294 g/mol. The zero-order valence-electron chi connectivity index (χ0n) is 11.7. The molecule has 1 saturated heterocycles. The van der Waals surface area contributed by atoms with Crippen molar-refractivity contribution in [2.45, 2.75) is 19.4 Å². The van der Waals surface area contributed by atoms with E-state index >= 15 is 0 Å². The van der Waals surface area contributed by atoms with E-state index in [9.17, 15) is 8.42 Å². The van der Waals surface area contributed by atoms with Gasteiger partial charge in [-0.15, -0.1) is 0 Å². The van der Waals surface area contributed by atoms with Crippen LogP contribution in [0.4, 0.5) is 5.82 Å². The Balaban J connectivity index is 2.04. The molecular formula is C13H18N4O2S. The van der Waals surface area contributed by atoms with Gasteiger partial charge in [-0.1, -0.05) is 0 Å². The molecule has 6 nitrogen and oxygen atoms in total. The molecule has 20 heavy (non-hydrogen) atoms. The van der Waals surface area contributed by atoms with E-state index in [4.69, 9.17) is 0 Å². The second-order valence-electron chi connectivity index (χ2n) is 5.20. The molecule has 0 N–H and O–H groups in total. The number of sulfone groups is 1. The Kier molecular flexibility index (Phi) is 3.16. The van der Waals surface area contributed by atoms with Crippen LogP contribution in [0.3, 0.4) is 0 Å². The first-order valence-electron chi connectivity index (χ1n) is 6.75. The van der Waals surface area contributed by atoms with Gasteiger partial charge >= 0.3 is 0 Å². The Morgan fingerprint density at radius 3 is 2.90 bits per heavy atom. The summed E-state index contributed by atoms with van der Waals surface area (Å²) >= 11 is 0. The molecule has 0 bridgehead atoms. The molecular weight excluding hydrogens is 276 g/mol. The van der Waals surface area contributed by atoms with E-state index in [1.807, 2.05) is 30.8 Å². The summed E-state index contributed by atoms with van der Waals surface area (Å²) in [5.41, 5.74) is 0.870. The van der Waals surface area contributed by atoms with E-state index in [0.29, 0.717) is 6.42 Å². The Morgan fingerprint density at radius 1 is 1.45 bits per heavy atom. The first-order chi connectivity index (χ1) is 9.52. The highest BCUT2D eigenvalue weighted by atomic mass is 32.2. The number of hydrogen-bond acceptors (Lipinski definition) is 5. The number of fused-ring (bicyclic) bond motifs is 1. The van der Waals surface area contributed by atoms with Gasteiger partial charge in [-0.05, 0) is 19.4 Å². The highest BCUT2D eigenvalue weighted by molar-refractivity contribution is 7.91. The van der Waals surface area contributed by atoms with Crippen LogP contribution in [0.25, 0.3) is 11.0 Å². The molecule has 1 atom stereocenters. The molecule has 0 aromatic carbocycles. The third-order valence-corrected chi connectivity index (χ3v) is 5.65. The summed E-state index contributed by atoms with van der Waals surface area (Å²) in [6.07, 6.45) is 4.17. The maximum atomic E-state index is 11.7. The van der Waals surface area contributed by atoms with Crippen molar-refractivity contribution in [1.82, 2.24) is 14.5 Å². The smallest absolute Gasteiger partial charge is 0.152 e. The molecule has 108 valence electrons. The fourth-order valence-corrected chi connectivity index (χ4v) is 4.63. The van der Waals surface area contributed by atoms with E-state index in [0.717, 1.165) is 23.4 Å². The molecule has 2 aromatic heterocycles. The van der Waals surface area contributed by atoms with Gasteiger partial charge in [0.25, 0.3) is 0 Å². The molecule has 0 aliphatic carbocycles. The van der Waals surface area contributed by atoms with Crippen LogP contribution < -0.4 is 4.90 Å². The van der Waals surface area contributed by atoms with Crippen molar-refractivity contribution in [1.29, 1.82) is 0 Å². The summed E-state index contributed by atoms with van der Waals surface area (Å²) in [5.74, 6) is 1.33. The molecule has 1 fully saturated rings. The molecule has 1 aliphatic rings. The largest absolute Gasteiger partial charge is 0.352 e. The number of nitrogens with zero attached hydrogens (tertiary/aromatic N) is 4. The van der Waals surface area contributed by atoms with Crippen LogP contribution in [0, 0.1) is 0 Å². The Bertz CT molecular complexity index is 738. The lowest BCUT2D eigenvalue weighted by Gasteiger charge is -2.28. The summed E-state index contributed by atoms with van der Waals surface area (Å²) in [7, 11) is -0.957. The Hall–Kier alpha value is -1.63. The van der Waals surface area contributed by atoms with Gasteiger partial charge in [0.05, 0.1) is 16.9 Å². The minimum absolute atomic E-state index is 0.0170. The summed E-state index contributed by atoms with van der Waals surface area (Å²) in [6, 6.07) is 2.00. The first-order valence-corrected chi connectivity index (χ1v) is 8.57. The first kappa shape index (κ1) is 13.4. The van der Waals surface area contributed by atoms with Crippen LogP contribution in [-0.4, -0.2) is 47.0 Å². The minimum atomic E-state index is -2.90. The van der Waals surface area contributed by atoms with Crippen LogP contribution in [0.1, 0.15) is 13.3 Å². The normalized spacial score (nSPS) is 21.4. The fraction of sp³-hybridized carbons (Fsp3) is 0.538. The van der Waals surface area contributed by atoms with Gasteiger partial charge in [-0.3, -0.25) is 0 Å². The Morgan fingerprint density at radius 2 is 2.25 bits per heavy atom. The lowest BCUT2D eigenvalue weighted by atomic mass is 10.2. The van der Waals surface area contributed by atoms with Gasteiger partial charge in [0.1, 0.15) is 17.8 Å². The third kappa shape index (κ3) is 2.15. The van der Waals surface area contributed by atoms with Crippen molar-refractivity contribution >= 4 is 26.7 Å². The number of rotatable bonds is 3. The molecule has 7 heteroatoms. The predicted octanol–water partition coefficient (Wildman–Crippen LogP) is 0.982. The second-order valence-corrected chi connectivity index (χ2v) is 7.43. The van der Waals surface area contributed by atoms with Gasteiger partial charge in [-0.25, -0.2) is 18.4 Å². The number of aryl methyl sites for hydroxylation is 1. The topological polar surface area (TPSA) is 68.1 Å². The summed E-state index contributed by atoms with van der Waals surface area (Å²) in [5, 5.41) is 0.973. The second kappa shape index (κ2) is 4.73. The van der Waals surface area contributed by atoms with Crippen LogP contribution in [-0.2, 0) is 16.9 Å². The van der Waals surface area contributed by atoms with Crippen LogP contribution in [0.15, 0.2) is 18.6 Å². The average Bonchev–Trinajstić information content (AvgIpc) is 2.95. The zero-order valence-corrected chi connectivity index (χ0v) is 12.5. The molecule has 0 radical (unpaired) electrons. The molecule has 1 unspecified atom stereocenters. The minimum Gasteiger partial charge on any atom is -0.352 e. The zero-order chi connectivity index (χ0) is 14.3. The molecule has 3 heterocycles. The summed E-state index contributed by atoms with van der Waals surface area (Å²) in [4.78, 5) is 10.8. The summed E-state index contributed by atoms with van der Waals surface area (Å²) in [6.45, 7) is 2.77. The molecule has 0 amide bonds. The predicted molar refractivity (Wildman–Crippen MR) is 78.6 cm³/mol. The quantitative estimate of drug-likeness (QED) is 0.844. The third-order valence-electron chi connectivity index (χ3n) is 3.90. The van der Waals surface area contributed by atoms with Gasteiger partial charge < -0.3 is 9.47 Å². The molecule has 3 rings (SSSR count). The maximum absolute atomic E-state index is 11.7. The maximum Gasteiger partial charge on any atom is 0.152 e. The van der Waals surface area contributed by atoms with Crippen LogP contribution in [0.5, 0.6) is 0 Å². The standard InChI is InChI=1S/C13H18N4O2S/c1-3-17(10-5-7-20(18,19)8-10)13-11-4-6-16(2)12(11)14-9-15-13/h4,6,9-10H,3,5,7-8H2,1-2H3. The fourth-order valence-electron chi connectivity index (χ4n) is 2.90. The number of aromatic nitrogens is 3. The van der Waals surface area contributed by atoms with Crippen LogP contribution >= 0.6 is 0 Å². The highest BCUT2D eigenvalue weighted by Gasteiger charge is 2.33. The number of anilines is 1. The van der Waals surface area contributed by atoms with Crippen molar-refractivity contribution in [3.8, 4) is 0 Å². The average molecular weight is 294 g/mol. The number of hydrogen-bond donors (Lipinski definition) is 0. The van der Waals surface area contributed by atoms with E-state index in [1.165, 1.54) is 0 Å². The lowest BCUT2D eigenvalue weighted by molar-refractivity contribution is 0.599. The van der Waals surface area contributed by atoms with E-state index < -0.39 is 9.84 Å². The van der Waals surface area contributed by atoms with Gasteiger partial charge in [0, 0.05) is 25.8 Å². The van der Waals surface area contributed by atoms with Crippen molar-refractivity contribution in [3.05, 3.63) is 18.6 Å². The van der Waals surface area contributed by atoms with E-state index in [1.54, 1.807) is 6.33 Å². The van der Waals surface area contributed by atoms with Crippen molar-refractivity contribution in [3.63, 3.8) is 0 Å². The van der Waals surface area contributed by atoms with Crippen LogP contribution in [0.2, 0.25) is 0 Å².